The molecule has 6 rings (SSSR count). The van der Waals surface area contributed by atoms with E-state index in [0.29, 0.717) is 22.9 Å². The van der Waals surface area contributed by atoms with Crippen molar-refractivity contribution in [2.75, 3.05) is 32.1 Å². The van der Waals surface area contributed by atoms with Gasteiger partial charge in [0.2, 0.25) is 5.91 Å². The number of likely N-dealkylation sites (N-methyl/N-ethyl adjacent to an activating group) is 1. The second-order valence-corrected chi connectivity index (χ2v) is 11.2. The van der Waals surface area contributed by atoms with E-state index in [0.717, 1.165) is 54.3 Å². The maximum Gasteiger partial charge on any atom is 0.411 e. The summed E-state index contributed by atoms with van der Waals surface area (Å²) in [5.74, 6) is 0.842. The van der Waals surface area contributed by atoms with Crippen molar-refractivity contribution < 1.29 is 23.9 Å². The van der Waals surface area contributed by atoms with Crippen molar-refractivity contribution in [3.63, 3.8) is 0 Å². The summed E-state index contributed by atoms with van der Waals surface area (Å²) < 4.78 is 13.7. The van der Waals surface area contributed by atoms with Gasteiger partial charge in [0.05, 0.1) is 23.3 Å². The highest BCUT2D eigenvalue weighted by atomic mass is 16.6. The molecule has 1 aliphatic heterocycles. The molecular weight excluding hydrogens is 522 g/mol. The van der Waals surface area contributed by atoms with Crippen LogP contribution in [0.5, 0.6) is 5.75 Å². The Bertz CT molecular complexity index is 1550. The van der Waals surface area contributed by atoms with E-state index < -0.39 is 6.09 Å². The molecule has 10 nitrogen and oxygen atoms in total. The van der Waals surface area contributed by atoms with Crippen LogP contribution in [-0.2, 0) is 9.53 Å². The lowest BCUT2D eigenvalue weighted by Crippen LogP contribution is -2.35. The highest BCUT2D eigenvalue weighted by molar-refractivity contribution is 6.01. The first-order valence-corrected chi connectivity index (χ1v) is 14.2. The second-order valence-electron chi connectivity index (χ2n) is 11.2. The van der Waals surface area contributed by atoms with Crippen molar-refractivity contribution in [1.29, 1.82) is 5.26 Å². The van der Waals surface area contributed by atoms with Crippen LogP contribution in [0.2, 0.25) is 0 Å². The normalized spacial score (nSPS) is 17.9. The molecule has 0 radical (unpaired) electrons. The molecule has 1 aromatic heterocycles. The van der Waals surface area contributed by atoms with E-state index in [1.807, 2.05) is 49.4 Å². The lowest BCUT2D eigenvalue weighted by molar-refractivity contribution is -0.125. The third-order valence-electron chi connectivity index (χ3n) is 8.33. The highest BCUT2D eigenvalue weighted by Gasteiger charge is 2.33. The molecule has 1 N–H and O–H groups in total. The Morgan fingerprint density at radius 3 is 2.49 bits per heavy atom. The first-order valence-electron chi connectivity index (χ1n) is 14.2. The van der Waals surface area contributed by atoms with Gasteiger partial charge in [-0.2, -0.15) is 5.26 Å². The summed E-state index contributed by atoms with van der Waals surface area (Å²) in [6.45, 7) is 2.36. The molecule has 41 heavy (non-hydrogen) atoms. The van der Waals surface area contributed by atoms with Crippen LogP contribution in [0.1, 0.15) is 50.6 Å². The molecule has 4 amide bonds. The molecule has 1 atom stereocenters. The molecule has 3 aromatic rings. The van der Waals surface area contributed by atoms with E-state index in [9.17, 15) is 19.6 Å². The number of aromatic nitrogens is 1. The number of benzene rings is 2. The average Bonchev–Trinajstić information content (AvgIpc) is 3.69. The second kappa shape index (κ2) is 10.8. The van der Waals surface area contributed by atoms with Crippen molar-refractivity contribution in [2.24, 2.45) is 5.92 Å². The minimum absolute atomic E-state index is 0.0835. The zero-order chi connectivity index (χ0) is 28.7. The van der Waals surface area contributed by atoms with Gasteiger partial charge in [0.25, 0.3) is 0 Å². The molecular formula is C31H33N5O5. The summed E-state index contributed by atoms with van der Waals surface area (Å²) in [7, 11) is 1.60. The summed E-state index contributed by atoms with van der Waals surface area (Å²) in [5.41, 5.74) is 3.85. The monoisotopic (exact) mass is 555 g/mol. The number of nitrogens with zero attached hydrogens (tertiary/aromatic N) is 4. The van der Waals surface area contributed by atoms with Gasteiger partial charge >= 0.3 is 12.1 Å². The highest BCUT2D eigenvalue weighted by Crippen LogP contribution is 2.43. The van der Waals surface area contributed by atoms with Gasteiger partial charge in [-0.3, -0.25) is 15.0 Å². The summed E-state index contributed by atoms with van der Waals surface area (Å²) >= 11 is 0. The van der Waals surface area contributed by atoms with Crippen LogP contribution < -0.4 is 10.1 Å². The molecule has 10 heteroatoms. The van der Waals surface area contributed by atoms with E-state index in [1.165, 1.54) is 9.80 Å². The van der Waals surface area contributed by atoms with Gasteiger partial charge < -0.3 is 18.9 Å². The topological polar surface area (TPSA) is 117 Å². The van der Waals surface area contributed by atoms with Gasteiger partial charge in [-0.05, 0) is 74.8 Å². The van der Waals surface area contributed by atoms with Crippen LogP contribution in [0.15, 0.2) is 42.5 Å². The van der Waals surface area contributed by atoms with E-state index in [2.05, 4.69) is 16.0 Å². The number of imide groups is 1. The van der Waals surface area contributed by atoms with E-state index in [1.54, 1.807) is 7.05 Å². The lowest BCUT2D eigenvalue weighted by atomic mass is 9.92. The zero-order valence-electron chi connectivity index (χ0n) is 23.3. The van der Waals surface area contributed by atoms with Crippen LogP contribution in [0.4, 0.5) is 15.3 Å². The largest absolute Gasteiger partial charge is 0.492 e. The van der Waals surface area contributed by atoms with Crippen molar-refractivity contribution in [1.82, 2.24) is 14.4 Å². The number of amides is 4. The molecule has 2 aliphatic carbocycles. The number of anilines is 1. The number of fused-ring (bicyclic) bond motifs is 1. The minimum atomic E-state index is -0.462. The van der Waals surface area contributed by atoms with Crippen LogP contribution in [0.25, 0.3) is 22.2 Å². The molecule has 0 spiro atoms. The molecule has 2 heterocycles. The van der Waals surface area contributed by atoms with Crippen LogP contribution in [0, 0.1) is 17.2 Å². The van der Waals surface area contributed by atoms with Crippen molar-refractivity contribution in [3.05, 3.63) is 48.0 Å². The van der Waals surface area contributed by atoms with Crippen molar-refractivity contribution in [2.45, 2.75) is 51.2 Å². The molecule has 212 valence electrons. The van der Waals surface area contributed by atoms with Gasteiger partial charge in [0.1, 0.15) is 31.1 Å². The zero-order valence-corrected chi connectivity index (χ0v) is 23.3. The molecule has 1 saturated heterocycles. The number of urea groups is 1. The number of hydrogen-bond donors (Lipinski definition) is 1. The fourth-order valence-electron chi connectivity index (χ4n) is 5.63. The van der Waals surface area contributed by atoms with Gasteiger partial charge in [0, 0.05) is 30.2 Å². The number of rotatable bonds is 9. The smallest absolute Gasteiger partial charge is 0.411 e. The summed E-state index contributed by atoms with van der Waals surface area (Å²) in [5, 5.41) is 13.9. The average molecular weight is 556 g/mol. The SMILES string of the molecule is C[C@@H](OC(=O)Nc1ccc(-c2c(C#N)c3ccc(OCCN4C(=O)CN(C)C4=O)cc3n2C2CCC2)cc1)C1CC1. The molecule has 2 aromatic carbocycles. The number of ether oxygens (including phenoxy) is 2. The predicted octanol–water partition coefficient (Wildman–Crippen LogP) is 5.52. The van der Waals surface area contributed by atoms with Crippen LogP contribution in [0.3, 0.4) is 0 Å². The molecule has 3 aliphatic rings. The van der Waals surface area contributed by atoms with Gasteiger partial charge in [0.15, 0.2) is 0 Å². The standard InChI is InChI=1S/C31H33N5O5/c1-19(20-6-7-20)41-30(38)33-22-10-8-21(9-11-22)29-26(17-32)25-13-12-24(16-27(25)36(29)23-4-3-5-23)40-15-14-35-28(37)18-34(2)31(35)39/h8-13,16,19-20,23H,3-7,14-15,18H2,1-2H3,(H,33,38)/t19-/m1/s1. The van der Waals surface area contributed by atoms with E-state index in [-0.39, 0.29) is 43.8 Å². The molecule has 0 unspecified atom stereocenters. The maximum atomic E-state index is 12.3. The Morgan fingerprint density at radius 1 is 1.12 bits per heavy atom. The van der Waals surface area contributed by atoms with Gasteiger partial charge in [-0.1, -0.05) is 12.1 Å². The van der Waals surface area contributed by atoms with E-state index in [4.69, 9.17) is 9.47 Å². The summed E-state index contributed by atoms with van der Waals surface area (Å²) in [6.07, 6.45) is 4.81. The van der Waals surface area contributed by atoms with Crippen molar-refractivity contribution >= 4 is 34.6 Å². The van der Waals surface area contributed by atoms with Crippen LogP contribution >= 0.6 is 0 Å². The summed E-state index contributed by atoms with van der Waals surface area (Å²) in [4.78, 5) is 39.1. The third-order valence-corrected chi connectivity index (χ3v) is 8.33. The first kappa shape index (κ1) is 26.7. The Kier molecular flexibility index (Phi) is 7.03. The minimum Gasteiger partial charge on any atom is -0.492 e. The van der Waals surface area contributed by atoms with Gasteiger partial charge in [-0.15, -0.1) is 0 Å². The predicted molar refractivity (Wildman–Crippen MR) is 153 cm³/mol. The quantitative estimate of drug-likeness (QED) is 0.347. The summed E-state index contributed by atoms with van der Waals surface area (Å²) in [6, 6.07) is 15.5. The molecule has 0 bridgehead atoms. The maximum absolute atomic E-state index is 12.3. The molecule has 3 fully saturated rings. The number of hydrogen-bond acceptors (Lipinski definition) is 6. The van der Waals surface area contributed by atoms with E-state index >= 15 is 0 Å². The fourth-order valence-corrected chi connectivity index (χ4v) is 5.63. The fraction of sp³-hybridized carbons (Fsp3) is 0.419. The Hall–Kier alpha value is -4.52. The Morgan fingerprint density at radius 2 is 1.88 bits per heavy atom. The molecule has 2 saturated carbocycles. The number of nitriles is 1. The van der Waals surface area contributed by atoms with Crippen molar-refractivity contribution in [3.8, 4) is 23.1 Å². The lowest BCUT2D eigenvalue weighted by Gasteiger charge is -2.30. The number of nitrogens with one attached hydrogen (secondary N) is 1. The number of carbonyl (C=O) groups is 3. The third kappa shape index (κ3) is 5.20. The Balaban J connectivity index is 1.24. The van der Waals surface area contributed by atoms with Crippen LogP contribution in [-0.4, -0.2) is 65.2 Å². The van der Waals surface area contributed by atoms with Gasteiger partial charge in [-0.25, -0.2) is 9.59 Å². The first-order chi connectivity index (χ1) is 19.8. The number of carbonyl (C=O) groups excluding carboxylic acids is 3. The Labute approximate surface area is 238 Å².